The number of benzene rings is 2. The minimum atomic E-state index is -4.12. The SMILES string of the molecule is CO[C@H]1CN(C)C(=O)c2ccc(NS(=O)(=O)c3cccc(F)c3)cc2OC[C@H](C)N(C(=O)Cc2cccnc2)C[C@H]1C. The molecular weight excluding hydrogens is 563 g/mol. The van der Waals surface area contributed by atoms with Gasteiger partial charge in [0.15, 0.2) is 0 Å². The lowest BCUT2D eigenvalue weighted by Gasteiger charge is -2.36. The zero-order valence-corrected chi connectivity index (χ0v) is 24.8. The summed E-state index contributed by atoms with van der Waals surface area (Å²) in [5.74, 6) is -1.10. The molecule has 3 aromatic rings. The van der Waals surface area contributed by atoms with Crippen molar-refractivity contribution in [2.75, 3.05) is 38.6 Å². The van der Waals surface area contributed by atoms with Gasteiger partial charge in [0.2, 0.25) is 5.91 Å². The van der Waals surface area contributed by atoms with Crippen LogP contribution in [0.25, 0.3) is 0 Å². The maximum atomic E-state index is 13.7. The molecule has 1 N–H and O–H groups in total. The molecule has 1 aliphatic rings. The Morgan fingerprint density at radius 3 is 2.62 bits per heavy atom. The van der Waals surface area contributed by atoms with Gasteiger partial charge in [-0.2, -0.15) is 0 Å². The van der Waals surface area contributed by atoms with E-state index >= 15 is 0 Å². The Hall–Kier alpha value is -4.03. The molecule has 3 atom stereocenters. The summed E-state index contributed by atoms with van der Waals surface area (Å²) in [6.45, 7) is 4.48. The molecule has 0 saturated carbocycles. The van der Waals surface area contributed by atoms with Crippen LogP contribution in [-0.4, -0.2) is 81.0 Å². The number of nitrogens with zero attached hydrogens (tertiary/aromatic N) is 3. The molecule has 1 aliphatic heterocycles. The van der Waals surface area contributed by atoms with Crippen molar-refractivity contribution in [2.24, 2.45) is 5.92 Å². The molecule has 2 heterocycles. The normalized spacial score (nSPS) is 20.1. The Morgan fingerprint density at radius 1 is 1.14 bits per heavy atom. The highest BCUT2D eigenvalue weighted by Crippen LogP contribution is 2.28. The van der Waals surface area contributed by atoms with E-state index in [9.17, 15) is 22.4 Å². The Bertz CT molecular complexity index is 1520. The smallest absolute Gasteiger partial charge is 0.261 e. The van der Waals surface area contributed by atoms with E-state index in [0.29, 0.717) is 6.54 Å². The number of rotatable bonds is 6. The first kappa shape index (κ1) is 30.9. The molecule has 2 amide bonds. The maximum absolute atomic E-state index is 13.7. The minimum absolute atomic E-state index is 0.0350. The largest absolute Gasteiger partial charge is 0.491 e. The number of anilines is 1. The molecule has 10 nitrogen and oxygen atoms in total. The van der Waals surface area contributed by atoms with E-state index < -0.39 is 21.9 Å². The lowest BCUT2D eigenvalue weighted by Crippen LogP contribution is -2.49. The van der Waals surface area contributed by atoms with Gasteiger partial charge in [0.1, 0.15) is 18.2 Å². The average molecular weight is 599 g/mol. The van der Waals surface area contributed by atoms with Crippen LogP contribution in [0, 0.1) is 11.7 Å². The van der Waals surface area contributed by atoms with Gasteiger partial charge in [-0.3, -0.25) is 19.3 Å². The summed E-state index contributed by atoms with van der Waals surface area (Å²) in [5, 5.41) is 0. The van der Waals surface area contributed by atoms with Crippen LogP contribution in [0.5, 0.6) is 5.75 Å². The predicted octanol–water partition coefficient (Wildman–Crippen LogP) is 3.60. The molecule has 0 unspecified atom stereocenters. The summed E-state index contributed by atoms with van der Waals surface area (Å²) in [7, 11) is -0.901. The second-order valence-electron chi connectivity index (χ2n) is 10.5. The monoisotopic (exact) mass is 598 g/mol. The van der Waals surface area contributed by atoms with E-state index in [-0.39, 0.29) is 65.3 Å². The van der Waals surface area contributed by atoms with Gasteiger partial charge >= 0.3 is 0 Å². The zero-order valence-electron chi connectivity index (χ0n) is 24.0. The quantitative estimate of drug-likeness (QED) is 0.461. The highest BCUT2D eigenvalue weighted by molar-refractivity contribution is 7.92. The number of fused-ring (bicyclic) bond motifs is 1. The first-order chi connectivity index (χ1) is 20.0. The number of methoxy groups -OCH3 is 1. The lowest BCUT2D eigenvalue weighted by atomic mass is 10.0. The number of likely N-dealkylation sites (N-methyl/N-ethyl adjacent to an activating group) is 1. The van der Waals surface area contributed by atoms with E-state index in [2.05, 4.69) is 9.71 Å². The second-order valence-corrected chi connectivity index (χ2v) is 12.1. The van der Waals surface area contributed by atoms with Crippen LogP contribution < -0.4 is 9.46 Å². The molecule has 0 bridgehead atoms. The highest BCUT2D eigenvalue weighted by Gasteiger charge is 2.30. The van der Waals surface area contributed by atoms with Gasteiger partial charge in [-0.1, -0.05) is 19.1 Å². The van der Waals surface area contributed by atoms with Gasteiger partial charge in [0.25, 0.3) is 15.9 Å². The van der Waals surface area contributed by atoms with E-state index in [1.165, 1.54) is 35.2 Å². The molecule has 0 saturated heterocycles. The molecular formula is C30H35FN4O6S. The molecule has 4 rings (SSSR count). The number of hydrogen-bond acceptors (Lipinski definition) is 7. The van der Waals surface area contributed by atoms with Crippen LogP contribution >= 0.6 is 0 Å². The molecule has 42 heavy (non-hydrogen) atoms. The van der Waals surface area contributed by atoms with E-state index in [1.807, 2.05) is 19.9 Å². The number of amides is 2. The summed E-state index contributed by atoms with van der Waals surface area (Å²) in [6.07, 6.45) is 3.10. The molecule has 0 aliphatic carbocycles. The number of carbonyl (C=O) groups is 2. The Kier molecular flexibility index (Phi) is 9.79. The number of pyridine rings is 1. The molecule has 12 heteroatoms. The zero-order chi connectivity index (χ0) is 30.4. The fourth-order valence-electron chi connectivity index (χ4n) is 4.81. The number of carbonyl (C=O) groups excluding carboxylic acids is 2. The van der Waals surface area contributed by atoms with Crippen molar-refractivity contribution in [3.05, 3.63) is 83.9 Å². The van der Waals surface area contributed by atoms with Crippen LogP contribution in [0.3, 0.4) is 0 Å². The van der Waals surface area contributed by atoms with Gasteiger partial charge in [-0.25, -0.2) is 12.8 Å². The van der Waals surface area contributed by atoms with Crippen LogP contribution in [0.15, 0.2) is 71.9 Å². The third-order valence-corrected chi connectivity index (χ3v) is 8.58. The van der Waals surface area contributed by atoms with Crippen molar-refractivity contribution in [1.29, 1.82) is 0 Å². The van der Waals surface area contributed by atoms with Gasteiger partial charge < -0.3 is 19.3 Å². The van der Waals surface area contributed by atoms with Crippen LogP contribution in [-0.2, 0) is 26.0 Å². The Balaban J connectivity index is 1.66. The predicted molar refractivity (Wildman–Crippen MR) is 155 cm³/mol. The fourth-order valence-corrected chi connectivity index (χ4v) is 5.89. The standard InChI is InChI=1S/C30H35FN4O6S/c1-20-17-35(29(36)13-22-7-6-12-32-16-22)21(2)19-41-27-15-24(33-42(38,39)25-9-5-8-23(31)14-25)10-11-26(27)30(37)34(3)18-28(20)40-4/h5-12,14-16,20-21,28,33H,13,17-19H2,1-4H3/t20-,21+,28+/m1/s1. The summed E-state index contributed by atoms with van der Waals surface area (Å²) < 4.78 is 53.8. The van der Waals surface area contributed by atoms with Crippen LogP contribution in [0.1, 0.15) is 29.8 Å². The Morgan fingerprint density at radius 2 is 1.93 bits per heavy atom. The van der Waals surface area contributed by atoms with Gasteiger partial charge in [-0.15, -0.1) is 0 Å². The van der Waals surface area contributed by atoms with Gasteiger partial charge in [0.05, 0.1) is 34.7 Å². The fraction of sp³-hybridized carbons (Fsp3) is 0.367. The summed E-state index contributed by atoms with van der Waals surface area (Å²) in [5.41, 5.74) is 1.12. The third kappa shape index (κ3) is 7.42. The highest BCUT2D eigenvalue weighted by atomic mass is 32.2. The number of halogens is 1. The van der Waals surface area contributed by atoms with E-state index in [0.717, 1.165) is 17.7 Å². The summed E-state index contributed by atoms with van der Waals surface area (Å²) in [6, 6.07) is 12.2. The van der Waals surface area contributed by atoms with Crippen LogP contribution in [0.4, 0.5) is 10.1 Å². The van der Waals surface area contributed by atoms with Gasteiger partial charge in [-0.05, 0) is 48.9 Å². The topological polar surface area (TPSA) is 118 Å². The minimum Gasteiger partial charge on any atom is -0.491 e. The van der Waals surface area contributed by atoms with Crippen molar-refractivity contribution in [3.8, 4) is 5.75 Å². The lowest BCUT2D eigenvalue weighted by molar-refractivity contribution is -0.134. The van der Waals surface area contributed by atoms with Gasteiger partial charge in [0, 0.05) is 51.6 Å². The number of hydrogen-bond donors (Lipinski definition) is 1. The molecule has 0 fully saturated rings. The van der Waals surface area contributed by atoms with E-state index in [1.54, 1.807) is 37.5 Å². The first-order valence-electron chi connectivity index (χ1n) is 13.5. The molecule has 2 aromatic carbocycles. The van der Waals surface area contributed by atoms with Crippen LogP contribution in [0.2, 0.25) is 0 Å². The average Bonchev–Trinajstić information content (AvgIpc) is 2.96. The first-order valence-corrected chi connectivity index (χ1v) is 15.0. The third-order valence-electron chi connectivity index (χ3n) is 7.20. The molecule has 0 radical (unpaired) electrons. The number of nitrogens with one attached hydrogen (secondary N) is 1. The van der Waals surface area contributed by atoms with Crippen molar-refractivity contribution in [2.45, 2.75) is 37.3 Å². The van der Waals surface area contributed by atoms with Crippen molar-refractivity contribution >= 4 is 27.5 Å². The summed E-state index contributed by atoms with van der Waals surface area (Å²) in [4.78, 5) is 34.1. The van der Waals surface area contributed by atoms with Crippen molar-refractivity contribution in [1.82, 2.24) is 14.8 Å². The summed E-state index contributed by atoms with van der Waals surface area (Å²) >= 11 is 0. The molecule has 224 valence electrons. The molecule has 0 spiro atoms. The molecule has 1 aromatic heterocycles. The Labute approximate surface area is 245 Å². The second kappa shape index (κ2) is 13.3. The number of sulfonamides is 1. The van der Waals surface area contributed by atoms with Crippen molar-refractivity contribution < 1.29 is 31.9 Å². The van der Waals surface area contributed by atoms with E-state index in [4.69, 9.17) is 9.47 Å². The number of aromatic nitrogens is 1. The van der Waals surface area contributed by atoms with Crippen molar-refractivity contribution in [3.63, 3.8) is 0 Å². The maximum Gasteiger partial charge on any atom is 0.261 e. The number of ether oxygens (including phenoxy) is 2.